The van der Waals surface area contributed by atoms with Gasteiger partial charge in [0.15, 0.2) is 0 Å². The van der Waals surface area contributed by atoms with Gasteiger partial charge in [0.1, 0.15) is 11.5 Å². The Bertz CT molecular complexity index is 1550. The van der Waals surface area contributed by atoms with Gasteiger partial charge in [0.25, 0.3) is 0 Å². The average molecular weight is 406 g/mol. The van der Waals surface area contributed by atoms with Crippen LogP contribution in [0.4, 0.5) is 4.39 Å². The molecule has 31 heavy (non-hydrogen) atoms. The van der Waals surface area contributed by atoms with Gasteiger partial charge < -0.3 is 4.98 Å². The predicted octanol–water partition coefficient (Wildman–Crippen LogP) is 5.37. The summed E-state index contributed by atoms with van der Waals surface area (Å²) in [5, 5.41) is 9.32. The minimum atomic E-state index is -0.303. The largest absolute Gasteiger partial charge is 0.353 e. The predicted molar refractivity (Wildman–Crippen MR) is 118 cm³/mol. The van der Waals surface area contributed by atoms with E-state index < -0.39 is 0 Å². The number of H-pyrrole nitrogens is 2. The third kappa shape index (κ3) is 2.86. The number of benzene rings is 1. The van der Waals surface area contributed by atoms with Gasteiger partial charge in [0.2, 0.25) is 0 Å². The van der Waals surface area contributed by atoms with E-state index in [-0.39, 0.29) is 5.82 Å². The first-order valence-corrected chi connectivity index (χ1v) is 9.75. The Morgan fingerprint density at radius 1 is 0.774 bits per heavy atom. The minimum absolute atomic E-state index is 0.303. The van der Waals surface area contributed by atoms with E-state index >= 15 is 0 Å². The summed E-state index contributed by atoms with van der Waals surface area (Å²) < 4.78 is 14.4. The van der Waals surface area contributed by atoms with Crippen LogP contribution in [-0.4, -0.2) is 30.1 Å². The molecule has 5 heterocycles. The lowest BCUT2D eigenvalue weighted by Crippen LogP contribution is -1.87. The molecule has 0 aliphatic heterocycles. The summed E-state index contributed by atoms with van der Waals surface area (Å²) in [4.78, 5) is 16.5. The van der Waals surface area contributed by atoms with E-state index in [9.17, 15) is 4.39 Å². The van der Waals surface area contributed by atoms with E-state index in [1.54, 1.807) is 43.0 Å². The lowest BCUT2D eigenvalue weighted by atomic mass is 10.1. The van der Waals surface area contributed by atoms with Gasteiger partial charge in [0, 0.05) is 46.0 Å². The van der Waals surface area contributed by atoms with Gasteiger partial charge in [-0.25, -0.2) is 4.39 Å². The number of pyridine rings is 3. The van der Waals surface area contributed by atoms with Crippen LogP contribution in [0.3, 0.4) is 0 Å². The van der Waals surface area contributed by atoms with Crippen molar-refractivity contribution in [3.05, 3.63) is 85.2 Å². The smallest absolute Gasteiger partial charge is 0.132 e. The van der Waals surface area contributed by atoms with Gasteiger partial charge in [0.05, 0.1) is 28.8 Å². The van der Waals surface area contributed by atoms with Crippen LogP contribution >= 0.6 is 0 Å². The van der Waals surface area contributed by atoms with Crippen molar-refractivity contribution in [2.75, 3.05) is 0 Å². The molecule has 1 aromatic carbocycles. The number of nitrogens with zero attached hydrogens (tertiary/aromatic N) is 4. The zero-order valence-corrected chi connectivity index (χ0v) is 16.2. The van der Waals surface area contributed by atoms with Crippen molar-refractivity contribution in [3.8, 4) is 33.9 Å². The fraction of sp³-hybridized carbons (Fsp3) is 0. The van der Waals surface area contributed by atoms with Crippen molar-refractivity contribution in [1.29, 1.82) is 0 Å². The fourth-order valence-corrected chi connectivity index (χ4v) is 3.84. The van der Waals surface area contributed by atoms with Gasteiger partial charge in [-0.05, 0) is 42.5 Å². The van der Waals surface area contributed by atoms with Crippen LogP contribution in [0.1, 0.15) is 0 Å². The number of aromatic amines is 2. The van der Waals surface area contributed by atoms with Gasteiger partial charge >= 0.3 is 0 Å². The fourth-order valence-electron chi connectivity index (χ4n) is 3.84. The summed E-state index contributed by atoms with van der Waals surface area (Å²) in [5.74, 6) is -0.303. The normalized spacial score (nSPS) is 11.4. The molecule has 0 aliphatic carbocycles. The summed E-state index contributed by atoms with van der Waals surface area (Å²) in [6.07, 6.45) is 6.96. The number of rotatable bonds is 3. The van der Waals surface area contributed by atoms with Crippen molar-refractivity contribution in [3.63, 3.8) is 0 Å². The van der Waals surface area contributed by atoms with Crippen molar-refractivity contribution >= 4 is 21.8 Å². The highest BCUT2D eigenvalue weighted by molar-refractivity contribution is 6.00. The van der Waals surface area contributed by atoms with Gasteiger partial charge in [-0.3, -0.25) is 20.1 Å². The molecule has 6 nitrogen and oxygen atoms in total. The molecule has 0 fully saturated rings. The molecule has 0 spiro atoms. The summed E-state index contributed by atoms with van der Waals surface area (Å²) in [6, 6.07) is 16.3. The Balaban J connectivity index is 1.53. The Kier molecular flexibility index (Phi) is 3.86. The molecule has 0 aliphatic rings. The highest BCUT2D eigenvalue weighted by Gasteiger charge is 2.16. The molecule has 0 amide bonds. The lowest BCUT2D eigenvalue weighted by molar-refractivity contribution is 0.631. The van der Waals surface area contributed by atoms with E-state index in [0.29, 0.717) is 11.3 Å². The summed E-state index contributed by atoms with van der Waals surface area (Å²) >= 11 is 0. The summed E-state index contributed by atoms with van der Waals surface area (Å²) in [6.45, 7) is 0. The molecular formula is C24H15FN6. The maximum absolute atomic E-state index is 14.4. The number of hydrogen-bond acceptors (Lipinski definition) is 4. The van der Waals surface area contributed by atoms with E-state index in [0.717, 1.165) is 44.5 Å². The second-order valence-electron chi connectivity index (χ2n) is 7.21. The van der Waals surface area contributed by atoms with Gasteiger partial charge in [-0.2, -0.15) is 5.10 Å². The molecule has 0 saturated heterocycles. The molecule has 0 atom stereocenters. The number of nitrogens with one attached hydrogen (secondary N) is 2. The molecule has 0 unspecified atom stereocenters. The van der Waals surface area contributed by atoms with Crippen LogP contribution < -0.4 is 0 Å². The Morgan fingerprint density at radius 3 is 2.55 bits per heavy atom. The molecule has 0 saturated carbocycles. The first-order chi connectivity index (χ1) is 15.3. The van der Waals surface area contributed by atoms with Gasteiger partial charge in [-0.15, -0.1) is 0 Å². The molecule has 6 aromatic rings. The lowest BCUT2D eigenvalue weighted by Gasteiger charge is -2.03. The number of fused-ring (bicyclic) bond motifs is 2. The molecule has 5 aromatic heterocycles. The maximum Gasteiger partial charge on any atom is 0.132 e. The van der Waals surface area contributed by atoms with Crippen molar-refractivity contribution < 1.29 is 4.39 Å². The third-order valence-electron chi connectivity index (χ3n) is 5.34. The van der Waals surface area contributed by atoms with Crippen LogP contribution in [-0.2, 0) is 0 Å². The Morgan fingerprint density at radius 2 is 1.68 bits per heavy atom. The molecule has 2 N–H and O–H groups in total. The third-order valence-corrected chi connectivity index (χ3v) is 5.34. The van der Waals surface area contributed by atoms with Crippen molar-refractivity contribution in [2.24, 2.45) is 0 Å². The van der Waals surface area contributed by atoms with Crippen molar-refractivity contribution in [1.82, 2.24) is 30.1 Å². The van der Waals surface area contributed by atoms with E-state index in [4.69, 9.17) is 0 Å². The zero-order valence-electron chi connectivity index (χ0n) is 16.2. The quantitative estimate of drug-likeness (QED) is 0.414. The molecule has 6 rings (SSSR count). The van der Waals surface area contributed by atoms with Crippen LogP contribution in [0.15, 0.2) is 79.4 Å². The maximum atomic E-state index is 14.4. The molecule has 0 radical (unpaired) electrons. The van der Waals surface area contributed by atoms with E-state index in [1.807, 2.05) is 30.3 Å². The second kappa shape index (κ2) is 6.84. The Hall–Kier alpha value is -4.39. The summed E-state index contributed by atoms with van der Waals surface area (Å²) in [5.41, 5.74) is 6.07. The summed E-state index contributed by atoms with van der Waals surface area (Å²) in [7, 11) is 0. The standard InChI is InChI=1S/C24H15FN6/c25-18-6-2-1-5-15(18)23-16-11-21(29-19(16)7-9-27-23)24-17-10-20(14-4-3-8-26-12-14)28-13-22(17)30-31-24/h1-13,29H,(H,30,31). The minimum Gasteiger partial charge on any atom is -0.353 e. The molecule has 148 valence electrons. The molecule has 0 bridgehead atoms. The van der Waals surface area contributed by atoms with Crippen LogP contribution in [0.5, 0.6) is 0 Å². The monoisotopic (exact) mass is 406 g/mol. The van der Waals surface area contributed by atoms with E-state index in [2.05, 4.69) is 30.1 Å². The number of aromatic nitrogens is 6. The SMILES string of the molecule is Fc1ccccc1-c1nccc2[nH]c(-c3n[nH]c4cnc(-c5cccnc5)cc34)cc12. The van der Waals surface area contributed by atoms with Crippen LogP contribution in [0.25, 0.3) is 55.7 Å². The first-order valence-electron chi connectivity index (χ1n) is 9.75. The average Bonchev–Trinajstić information content (AvgIpc) is 3.43. The highest BCUT2D eigenvalue weighted by Crippen LogP contribution is 2.34. The molecular weight excluding hydrogens is 391 g/mol. The van der Waals surface area contributed by atoms with Crippen LogP contribution in [0, 0.1) is 5.82 Å². The van der Waals surface area contributed by atoms with Crippen molar-refractivity contribution in [2.45, 2.75) is 0 Å². The van der Waals surface area contributed by atoms with Crippen LogP contribution in [0.2, 0.25) is 0 Å². The second-order valence-corrected chi connectivity index (χ2v) is 7.21. The van der Waals surface area contributed by atoms with E-state index in [1.165, 1.54) is 6.07 Å². The topological polar surface area (TPSA) is 83.1 Å². The molecule has 7 heteroatoms. The number of hydrogen-bond donors (Lipinski definition) is 2. The van der Waals surface area contributed by atoms with Gasteiger partial charge in [-0.1, -0.05) is 12.1 Å². The number of halogens is 1. The zero-order chi connectivity index (χ0) is 20.8. The first kappa shape index (κ1) is 17.5. The Labute approximate surface area is 175 Å². The highest BCUT2D eigenvalue weighted by atomic mass is 19.1.